The second-order valence-corrected chi connectivity index (χ2v) is 7.07. The van der Waals surface area contributed by atoms with Gasteiger partial charge >= 0.3 is 5.97 Å². The first-order valence-corrected chi connectivity index (χ1v) is 6.99. The highest BCUT2D eigenvalue weighted by molar-refractivity contribution is 5.75. The molecule has 0 saturated carbocycles. The van der Waals surface area contributed by atoms with Gasteiger partial charge in [0.25, 0.3) is 0 Å². The van der Waals surface area contributed by atoms with Crippen molar-refractivity contribution in [2.24, 2.45) is 0 Å². The summed E-state index contributed by atoms with van der Waals surface area (Å²) in [6.07, 6.45) is -0.621. The van der Waals surface area contributed by atoms with E-state index in [9.17, 15) is 4.79 Å². The molecule has 3 nitrogen and oxygen atoms in total. The lowest BCUT2D eigenvalue weighted by Gasteiger charge is -2.23. The minimum Gasteiger partial charge on any atom is -0.479 e. The van der Waals surface area contributed by atoms with Crippen LogP contribution in [0.15, 0.2) is 24.3 Å². The molecule has 0 saturated heterocycles. The standard InChI is InChI=1S/C17H26O3/c1-12(15(18)20-17(5,6)7)19-14-10-8-9-13(11-14)16(2,3)4/h8-12H,1-7H3. The highest BCUT2D eigenvalue weighted by atomic mass is 16.6. The smallest absolute Gasteiger partial charge is 0.347 e. The molecule has 112 valence electrons. The first kappa shape index (κ1) is 16.5. The molecule has 0 heterocycles. The number of esters is 1. The number of hydrogen-bond donors (Lipinski definition) is 0. The molecule has 0 aliphatic heterocycles. The van der Waals surface area contributed by atoms with E-state index in [0.29, 0.717) is 5.75 Å². The fraction of sp³-hybridized carbons (Fsp3) is 0.588. The van der Waals surface area contributed by atoms with Crippen LogP contribution in [0.25, 0.3) is 0 Å². The third-order valence-corrected chi connectivity index (χ3v) is 2.75. The summed E-state index contributed by atoms with van der Waals surface area (Å²) in [4.78, 5) is 11.9. The van der Waals surface area contributed by atoms with E-state index in [0.717, 1.165) is 0 Å². The van der Waals surface area contributed by atoms with Gasteiger partial charge in [0, 0.05) is 0 Å². The van der Waals surface area contributed by atoms with Gasteiger partial charge in [-0.15, -0.1) is 0 Å². The Balaban J connectivity index is 2.76. The summed E-state index contributed by atoms with van der Waals surface area (Å²) >= 11 is 0. The highest BCUT2D eigenvalue weighted by Gasteiger charge is 2.23. The molecule has 0 spiro atoms. The van der Waals surface area contributed by atoms with Gasteiger partial charge in [-0.25, -0.2) is 4.79 Å². The molecule has 3 heteroatoms. The maximum Gasteiger partial charge on any atom is 0.347 e. The number of carbonyl (C=O) groups excluding carboxylic acids is 1. The van der Waals surface area contributed by atoms with Crippen molar-refractivity contribution in [1.29, 1.82) is 0 Å². The maximum atomic E-state index is 11.9. The molecular formula is C17H26O3. The molecule has 0 aromatic heterocycles. The summed E-state index contributed by atoms with van der Waals surface area (Å²) in [7, 11) is 0. The first-order valence-electron chi connectivity index (χ1n) is 6.99. The summed E-state index contributed by atoms with van der Waals surface area (Å²) in [5, 5.41) is 0. The minimum absolute atomic E-state index is 0.0501. The van der Waals surface area contributed by atoms with Gasteiger partial charge in [-0.05, 0) is 50.8 Å². The largest absolute Gasteiger partial charge is 0.479 e. The van der Waals surface area contributed by atoms with E-state index in [1.807, 2.05) is 39.0 Å². The molecule has 20 heavy (non-hydrogen) atoms. The second kappa shape index (κ2) is 5.86. The number of carbonyl (C=O) groups is 1. The van der Waals surface area contributed by atoms with E-state index in [2.05, 4.69) is 26.8 Å². The SMILES string of the molecule is CC(Oc1cccc(C(C)(C)C)c1)C(=O)OC(C)(C)C. The topological polar surface area (TPSA) is 35.5 Å². The molecule has 0 N–H and O–H groups in total. The molecule has 1 aromatic carbocycles. The van der Waals surface area contributed by atoms with Crippen molar-refractivity contribution in [3.63, 3.8) is 0 Å². The monoisotopic (exact) mass is 278 g/mol. The van der Waals surface area contributed by atoms with Crippen molar-refractivity contribution < 1.29 is 14.3 Å². The van der Waals surface area contributed by atoms with Gasteiger partial charge in [-0.2, -0.15) is 0 Å². The second-order valence-electron chi connectivity index (χ2n) is 7.07. The van der Waals surface area contributed by atoms with Crippen LogP contribution in [0, 0.1) is 0 Å². The average molecular weight is 278 g/mol. The number of hydrogen-bond acceptors (Lipinski definition) is 3. The Labute approximate surface area is 122 Å². The number of rotatable bonds is 3. The van der Waals surface area contributed by atoms with Gasteiger partial charge in [0.05, 0.1) is 0 Å². The fourth-order valence-electron chi connectivity index (χ4n) is 1.67. The molecule has 0 aliphatic carbocycles. The summed E-state index contributed by atoms with van der Waals surface area (Å²) in [5.74, 6) is 0.342. The zero-order chi connectivity index (χ0) is 15.6. The first-order chi connectivity index (χ1) is 8.99. The van der Waals surface area contributed by atoms with Crippen molar-refractivity contribution in [1.82, 2.24) is 0 Å². The molecule has 1 unspecified atom stereocenters. The van der Waals surface area contributed by atoms with Crippen molar-refractivity contribution in [3.8, 4) is 5.75 Å². The van der Waals surface area contributed by atoms with Gasteiger partial charge in [0.1, 0.15) is 11.4 Å². The number of benzene rings is 1. The van der Waals surface area contributed by atoms with E-state index in [1.54, 1.807) is 6.92 Å². The molecule has 0 fully saturated rings. The molecule has 0 radical (unpaired) electrons. The van der Waals surface area contributed by atoms with E-state index in [4.69, 9.17) is 9.47 Å². The number of ether oxygens (including phenoxy) is 2. The van der Waals surface area contributed by atoms with Gasteiger partial charge in [0.15, 0.2) is 6.10 Å². The maximum absolute atomic E-state index is 11.9. The summed E-state index contributed by atoms with van der Waals surface area (Å²) in [5.41, 5.74) is 0.725. The molecule has 0 amide bonds. The Morgan fingerprint density at radius 1 is 1.10 bits per heavy atom. The zero-order valence-corrected chi connectivity index (χ0v) is 13.6. The third-order valence-electron chi connectivity index (χ3n) is 2.75. The van der Waals surface area contributed by atoms with Crippen LogP contribution in [0.3, 0.4) is 0 Å². The van der Waals surface area contributed by atoms with Crippen LogP contribution in [0.4, 0.5) is 0 Å². The minimum atomic E-state index is -0.621. The summed E-state index contributed by atoms with van der Waals surface area (Å²) in [6.45, 7) is 13.7. The lowest BCUT2D eigenvalue weighted by atomic mass is 9.87. The molecule has 1 rings (SSSR count). The van der Waals surface area contributed by atoms with Gasteiger partial charge in [0.2, 0.25) is 0 Å². The lowest BCUT2D eigenvalue weighted by Crippen LogP contribution is -2.33. The quantitative estimate of drug-likeness (QED) is 0.781. The molecule has 0 aliphatic rings. The Bertz CT molecular complexity index is 464. The highest BCUT2D eigenvalue weighted by Crippen LogP contribution is 2.26. The molecule has 1 atom stereocenters. The lowest BCUT2D eigenvalue weighted by molar-refractivity contribution is -0.162. The summed E-state index contributed by atoms with van der Waals surface area (Å²) < 4.78 is 11.0. The Morgan fingerprint density at radius 3 is 2.20 bits per heavy atom. The van der Waals surface area contributed by atoms with Crippen LogP contribution in [-0.2, 0) is 14.9 Å². The predicted octanol–water partition coefficient (Wildman–Crippen LogP) is 4.09. The van der Waals surface area contributed by atoms with Crippen LogP contribution in [0.1, 0.15) is 54.0 Å². The van der Waals surface area contributed by atoms with E-state index in [-0.39, 0.29) is 11.4 Å². The molecule has 0 bridgehead atoms. The van der Waals surface area contributed by atoms with E-state index < -0.39 is 11.7 Å². The van der Waals surface area contributed by atoms with Gasteiger partial charge < -0.3 is 9.47 Å². The summed E-state index contributed by atoms with van der Waals surface area (Å²) in [6, 6.07) is 7.83. The van der Waals surface area contributed by atoms with Gasteiger partial charge in [-0.3, -0.25) is 0 Å². The Hall–Kier alpha value is -1.51. The van der Waals surface area contributed by atoms with Crippen LogP contribution >= 0.6 is 0 Å². The van der Waals surface area contributed by atoms with Crippen molar-refractivity contribution in [3.05, 3.63) is 29.8 Å². The van der Waals surface area contributed by atoms with E-state index >= 15 is 0 Å². The van der Waals surface area contributed by atoms with Crippen LogP contribution < -0.4 is 4.74 Å². The zero-order valence-electron chi connectivity index (χ0n) is 13.6. The van der Waals surface area contributed by atoms with Crippen LogP contribution in [0.5, 0.6) is 5.75 Å². The van der Waals surface area contributed by atoms with Gasteiger partial charge in [-0.1, -0.05) is 32.9 Å². The van der Waals surface area contributed by atoms with Crippen LogP contribution in [0.2, 0.25) is 0 Å². The average Bonchev–Trinajstić information content (AvgIpc) is 2.25. The Morgan fingerprint density at radius 2 is 1.70 bits per heavy atom. The third kappa shape index (κ3) is 5.24. The molecule has 1 aromatic rings. The van der Waals surface area contributed by atoms with E-state index in [1.165, 1.54) is 5.56 Å². The Kier molecular flexibility index (Phi) is 4.85. The normalized spacial score (nSPS) is 13.8. The fourth-order valence-corrected chi connectivity index (χ4v) is 1.67. The van der Waals surface area contributed by atoms with Crippen LogP contribution in [-0.4, -0.2) is 17.7 Å². The van der Waals surface area contributed by atoms with Crippen molar-refractivity contribution in [2.75, 3.05) is 0 Å². The molecular weight excluding hydrogens is 252 g/mol. The van der Waals surface area contributed by atoms with Crippen molar-refractivity contribution in [2.45, 2.75) is 65.6 Å². The van der Waals surface area contributed by atoms with Crippen molar-refractivity contribution >= 4 is 5.97 Å². The predicted molar refractivity (Wildman–Crippen MR) is 81.1 cm³/mol.